The van der Waals surface area contributed by atoms with E-state index in [-0.39, 0.29) is 18.2 Å². The SMILES string of the molecule is CC1CN(S(=O)(=O)N(C)C2CC3CCC(C2)N3)CC(C)O1. The minimum absolute atomic E-state index is 0.0406. The minimum atomic E-state index is -3.39. The van der Waals surface area contributed by atoms with E-state index in [1.54, 1.807) is 15.7 Å². The highest BCUT2D eigenvalue weighted by Gasteiger charge is 2.41. The largest absolute Gasteiger partial charge is 0.373 e. The fourth-order valence-electron chi connectivity index (χ4n) is 4.01. The molecule has 3 heterocycles. The number of nitrogens with one attached hydrogen (secondary N) is 1. The molecule has 3 fully saturated rings. The molecule has 0 aromatic heterocycles. The summed E-state index contributed by atoms with van der Waals surface area (Å²) in [7, 11) is -1.64. The standard InChI is InChI=1S/C14H27N3O3S/c1-10-8-17(9-11(2)20-10)21(18,19)16(3)14-6-12-4-5-13(7-14)15-12/h10-15H,4-9H2,1-3H3. The van der Waals surface area contributed by atoms with E-state index in [2.05, 4.69) is 5.32 Å². The fourth-order valence-corrected chi connectivity index (χ4v) is 5.72. The van der Waals surface area contributed by atoms with Crippen LogP contribution < -0.4 is 5.32 Å². The lowest BCUT2D eigenvalue weighted by atomic mass is 10.0. The van der Waals surface area contributed by atoms with Crippen molar-refractivity contribution in [1.29, 1.82) is 0 Å². The molecule has 0 aromatic rings. The summed E-state index contributed by atoms with van der Waals surface area (Å²) >= 11 is 0. The van der Waals surface area contributed by atoms with Crippen LogP contribution in [0.3, 0.4) is 0 Å². The molecule has 0 aromatic carbocycles. The molecule has 3 saturated heterocycles. The molecule has 7 heteroatoms. The summed E-state index contributed by atoms with van der Waals surface area (Å²) in [6.45, 7) is 4.77. The van der Waals surface area contributed by atoms with E-state index in [1.807, 2.05) is 13.8 Å². The molecule has 2 bridgehead atoms. The first-order valence-electron chi connectivity index (χ1n) is 8.01. The highest BCUT2D eigenvalue weighted by molar-refractivity contribution is 7.86. The van der Waals surface area contributed by atoms with Crippen molar-refractivity contribution in [3.05, 3.63) is 0 Å². The van der Waals surface area contributed by atoms with Gasteiger partial charge in [0.05, 0.1) is 12.2 Å². The van der Waals surface area contributed by atoms with Crippen LogP contribution in [0.25, 0.3) is 0 Å². The lowest BCUT2D eigenvalue weighted by molar-refractivity contribution is -0.0457. The van der Waals surface area contributed by atoms with E-state index in [0.717, 1.165) is 12.8 Å². The molecule has 4 unspecified atom stereocenters. The Balaban J connectivity index is 1.71. The molecule has 0 radical (unpaired) electrons. The maximum absolute atomic E-state index is 12.9. The number of piperidine rings is 1. The summed E-state index contributed by atoms with van der Waals surface area (Å²) in [5, 5.41) is 3.57. The number of fused-ring (bicyclic) bond motifs is 2. The predicted molar refractivity (Wildman–Crippen MR) is 81.2 cm³/mol. The van der Waals surface area contributed by atoms with Crippen LogP contribution in [0.5, 0.6) is 0 Å². The van der Waals surface area contributed by atoms with E-state index >= 15 is 0 Å². The summed E-state index contributed by atoms with van der Waals surface area (Å²) in [5.74, 6) is 0. The second kappa shape index (κ2) is 5.77. The molecule has 4 atom stereocenters. The molecule has 6 nitrogen and oxygen atoms in total. The number of rotatable bonds is 3. The summed E-state index contributed by atoms with van der Waals surface area (Å²) in [4.78, 5) is 0. The monoisotopic (exact) mass is 317 g/mol. The van der Waals surface area contributed by atoms with Gasteiger partial charge in [0.15, 0.2) is 0 Å². The van der Waals surface area contributed by atoms with Crippen LogP contribution in [0.15, 0.2) is 0 Å². The first-order valence-corrected chi connectivity index (χ1v) is 9.40. The molecular weight excluding hydrogens is 290 g/mol. The van der Waals surface area contributed by atoms with Crippen LogP contribution in [0, 0.1) is 0 Å². The summed E-state index contributed by atoms with van der Waals surface area (Å²) < 4.78 is 34.6. The van der Waals surface area contributed by atoms with Gasteiger partial charge in [-0.3, -0.25) is 0 Å². The number of hydrogen-bond acceptors (Lipinski definition) is 4. The van der Waals surface area contributed by atoms with Gasteiger partial charge in [-0.05, 0) is 39.5 Å². The Kier molecular flexibility index (Phi) is 4.31. The quantitative estimate of drug-likeness (QED) is 0.826. The molecule has 3 rings (SSSR count). The van der Waals surface area contributed by atoms with Crippen LogP contribution in [-0.2, 0) is 14.9 Å². The Morgan fingerprint density at radius 1 is 1.10 bits per heavy atom. The number of morpholine rings is 1. The summed E-state index contributed by atoms with van der Waals surface area (Å²) in [6, 6.07) is 1.12. The molecule has 0 saturated carbocycles. The summed E-state index contributed by atoms with van der Waals surface area (Å²) in [6.07, 6.45) is 4.15. The number of nitrogens with zero attached hydrogens (tertiary/aromatic N) is 2. The lowest BCUT2D eigenvalue weighted by Gasteiger charge is -2.40. The molecule has 21 heavy (non-hydrogen) atoms. The Hall–Kier alpha value is -0.210. The van der Waals surface area contributed by atoms with Gasteiger partial charge in [-0.15, -0.1) is 0 Å². The summed E-state index contributed by atoms with van der Waals surface area (Å²) in [5.41, 5.74) is 0. The van der Waals surface area contributed by atoms with Crippen molar-refractivity contribution in [1.82, 2.24) is 13.9 Å². The van der Waals surface area contributed by atoms with Crippen LogP contribution in [0.1, 0.15) is 39.5 Å². The molecular formula is C14H27N3O3S. The van der Waals surface area contributed by atoms with Gasteiger partial charge in [0.25, 0.3) is 10.2 Å². The third-order valence-electron chi connectivity index (χ3n) is 5.04. The second-order valence-corrected chi connectivity index (χ2v) is 8.85. The van der Waals surface area contributed by atoms with Crippen LogP contribution in [0.4, 0.5) is 0 Å². The van der Waals surface area contributed by atoms with E-state index < -0.39 is 10.2 Å². The van der Waals surface area contributed by atoms with Crippen molar-refractivity contribution < 1.29 is 13.2 Å². The molecule has 0 aliphatic carbocycles. The average molecular weight is 317 g/mol. The molecule has 3 aliphatic rings. The lowest BCUT2D eigenvalue weighted by Crippen LogP contribution is -2.56. The smallest absolute Gasteiger partial charge is 0.282 e. The third-order valence-corrected chi connectivity index (χ3v) is 7.02. The van der Waals surface area contributed by atoms with E-state index in [9.17, 15) is 8.42 Å². The van der Waals surface area contributed by atoms with Crippen molar-refractivity contribution in [3.63, 3.8) is 0 Å². The molecule has 0 amide bonds. The first-order chi connectivity index (χ1) is 9.86. The highest BCUT2D eigenvalue weighted by Crippen LogP contribution is 2.31. The van der Waals surface area contributed by atoms with Crippen molar-refractivity contribution in [3.8, 4) is 0 Å². The van der Waals surface area contributed by atoms with Crippen molar-refractivity contribution in [2.45, 2.75) is 69.9 Å². The number of ether oxygens (including phenoxy) is 1. The van der Waals surface area contributed by atoms with Gasteiger partial charge < -0.3 is 10.1 Å². The first kappa shape index (κ1) is 15.7. The van der Waals surface area contributed by atoms with Crippen molar-refractivity contribution in [2.24, 2.45) is 0 Å². The van der Waals surface area contributed by atoms with E-state index in [4.69, 9.17) is 4.74 Å². The fraction of sp³-hybridized carbons (Fsp3) is 1.00. The Bertz CT molecular complexity index is 462. The van der Waals surface area contributed by atoms with Gasteiger partial charge in [-0.1, -0.05) is 0 Å². The van der Waals surface area contributed by atoms with Crippen LogP contribution in [0.2, 0.25) is 0 Å². The van der Waals surface area contributed by atoms with Crippen LogP contribution in [-0.4, -0.2) is 67.5 Å². The number of hydrogen-bond donors (Lipinski definition) is 1. The van der Waals surface area contributed by atoms with Gasteiger partial charge >= 0.3 is 0 Å². The van der Waals surface area contributed by atoms with Gasteiger partial charge in [-0.25, -0.2) is 0 Å². The Morgan fingerprint density at radius 2 is 1.62 bits per heavy atom. The molecule has 0 spiro atoms. The Labute approximate surface area is 128 Å². The molecule has 3 aliphatic heterocycles. The topological polar surface area (TPSA) is 61.9 Å². The van der Waals surface area contributed by atoms with Gasteiger partial charge in [0.2, 0.25) is 0 Å². The zero-order valence-corrected chi connectivity index (χ0v) is 14.0. The Morgan fingerprint density at radius 3 is 2.14 bits per heavy atom. The zero-order chi connectivity index (χ0) is 15.2. The zero-order valence-electron chi connectivity index (χ0n) is 13.2. The minimum Gasteiger partial charge on any atom is -0.373 e. The van der Waals surface area contributed by atoms with Crippen molar-refractivity contribution >= 4 is 10.2 Å². The second-order valence-electron chi connectivity index (χ2n) is 6.86. The average Bonchev–Trinajstić information content (AvgIpc) is 2.75. The van der Waals surface area contributed by atoms with E-state index in [0.29, 0.717) is 25.2 Å². The third kappa shape index (κ3) is 3.12. The maximum atomic E-state index is 12.9. The van der Waals surface area contributed by atoms with Gasteiger partial charge in [0.1, 0.15) is 0 Å². The maximum Gasteiger partial charge on any atom is 0.282 e. The normalized spacial score (nSPS) is 41.6. The van der Waals surface area contributed by atoms with Gasteiger partial charge in [-0.2, -0.15) is 17.0 Å². The van der Waals surface area contributed by atoms with E-state index in [1.165, 1.54) is 12.8 Å². The van der Waals surface area contributed by atoms with Crippen molar-refractivity contribution in [2.75, 3.05) is 20.1 Å². The van der Waals surface area contributed by atoms with Gasteiger partial charge in [0, 0.05) is 38.3 Å². The van der Waals surface area contributed by atoms with Crippen LogP contribution >= 0.6 is 0 Å². The predicted octanol–water partition coefficient (Wildman–Crippen LogP) is 0.555. The highest BCUT2D eigenvalue weighted by atomic mass is 32.2. The molecule has 122 valence electrons. The molecule has 1 N–H and O–H groups in total.